The highest BCUT2D eigenvalue weighted by Gasteiger charge is 2.27. The molecule has 1 amide bonds. The average molecular weight is 489 g/mol. The first kappa shape index (κ1) is 23.8. The Balaban J connectivity index is 1.63. The van der Waals surface area contributed by atoms with Gasteiger partial charge in [-0.1, -0.05) is 12.1 Å². The van der Waals surface area contributed by atoms with Gasteiger partial charge >= 0.3 is 0 Å². The number of morpholine rings is 1. The number of hydrogen-bond acceptors (Lipinski definition) is 5. The summed E-state index contributed by atoms with van der Waals surface area (Å²) >= 11 is 0. The molecule has 0 saturated carbocycles. The lowest BCUT2D eigenvalue weighted by atomic mass is 10.1. The summed E-state index contributed by atoms with van der Waals surface area (Å²) < 4.78 is 65.2. The first-order chi connectivity index (χ1) is 16.3. The van der Waals surface area contributed by atoms with Crippen molar-refractivity contribution in [3.8, 4) is 11.5 Å². The molecular weight excluding hydrogens is 466 g/mol. The number of nitrogens with one attached hydrogen (secondary N) is 1. The van der Waals surface area contributed by atoms with Crippen LogP contribution in [0.15, 0.2) is 71.6 Å². The van der Waals surface area contributed by atoms with Crippen LogP contribution in [-0.2, 0) is 26.0 Å². The van der Waals surface area contributed by atoms with Crippen LogP contribution in [0.4, 0.5) is 14.5 Å². The predicted molar refractivity (Wildman–Crippen MR) is 121 cm³/mol. The molecule has 0 aliphatic carbocycles. The quantitative estimate of drug-likeness (QED) is 0.544. The molecule has 178 valence electrons. The number of benzene rings is 3. The lowest BCUT2D eigenvalue weighted by Crippen LogP contribution is -2.40. The summed E-state index contributed by atoms with van der Waals surface area (Å²) in [5, 5.41) is 2.66. The molecule has 0 aromatic heterocycles. The van der Waals surface area contributed by atoms with Gasteiger partial charge in [0.2, 0.25) is 15.9 Å². The zero-order valence-corrected chi connectivity index (χ0v) is 18.9. The van der Waals surface area contributed by atoms with E-state index in [0.717, 1.165) is 0 Å². The Labute approximate surface area is 196 Å². The molecule has 0 spiro atoms. The second-order valence-corrected chi connectivity index (χ2v) is 9.52. The van der Waals surface area contributed by atoms with E-state index in [0.29, 0.717) is 24.5 Å². The maximum absolute atomic E-state index is 13.5. The minimum Gasteiger partial charge on any atom is -0.455 e. The third kappa shape index (κ3) is 5.77. The minimum absolute atomic E-state index is 0.0260. The van der Waals surface area contributed by atoms with Crippen LogP contribution in [0.3, 0.4) is 0 Å². The van der Waals surface area contributed by atoms with Crippen molar-refractivity contribution in [1.29, 1.82) is 0 Å². The first-order valence-corrected chi connectivity index (χ1v) is 11.9. The van der Waals surface area contributed by atoms with E-state index >= 15 is 0 Å². The van der Waals surface area contributed by atoms with E-state index < -0.39 is 27.6 Å². The number of carbonyl (C=O) groups excluding carboxylic acids is 1. The van der Waals surface area contributed by atoms with Crippen molar-refractivity contribution < 1.29 is 31.5 Å². The van der Waals surface area contributed by atoms with Gasteiger partial charge in [0.15, 0.2) is 5.75 Å². The summed E-state index contributed by atoms with van der Waals surface area (Å²) in [4.78, 5) is 12.7. The Bertz CT molecular complexity index is 1280. The van der Waals surface area contributed by atoms with E-state index in [2.05, 4.69) is 5.32 Å². The SMILES string of the molecule is O=C(Cc1cccc(F)c1)Nc1cc(S(=O)(=O)N2CCOCC2)ccc1Oc1ccc(F)cc1. The molecule has 1 saturated heterocycles. The normalized spacial score (nSPS) is 14.5. The van der Waals surface area contributed by atoms with Crippen molar-refractivity contribution in [3.63, 3.8) is 0 Å². The predicted octanol–water partition coefficient (Wildman–Crippen LogP) is 3.96. The van der Waals surface area contributed by atoms with Gasteiger partial charge < -0.3 is 14.8 Å². The standard InChI is InChI=1S/C24H22F2N2O5S/c25-18-4-6-20(7-5-18)33-23-9-8-21(34(30,31)28-10-12-32-13-11-28)16-22(23)27-24(29)15-17-2-1-3-19(26)14-17/h1-9,14,16H,10-13,15H2,(H,27,29). The van der Waals surface area contributed by atoms with Crippen LogP contribution in [-0.4, -0.2) is 44.9 Å². The van der Waals surface area contributed by atoms with Crippen molar-refractivity contribution >= 4 is 21.6 Å². The van der Waals surface area contributed by atoms with E-state index in [1.54, 1.807) is 6.07 Å². The number of anilines is 1. The topological polar surface area (TPSA) is 84.9 Å². The van der Waals surface area contributed by atoms with Crippen molar-refractivity contribution in [3.05, 3.63) is 83.9 Å². The second-order valence-electron chi connectivity index (χ2n) is 7.59. The summed E-state index contributed by atoms with van der Waals surface area (Å²) in [5.41, 5.74) is 0.565. The Kier molecular flexibility index (Phi) is 7.20. The number of ether oxygens (including phenoxy) is 2. The van der Waals surface area contributed by atoms with Crippen LogP contribution in [0.1, 0.15) is 5.56 Å². The maximum Gasteiger partial charge on any atom is 0.243 e. The van der Waals surface area contributed by atoms with Gasteiger partial charge in [-0.15, -0.1) is 0 Å². The van der Waals surface area contributed by atoms with Gasteiger partial charge in [-0.2, -0.15) is 4.31 Å². The van der Waals surface area contributed by atoms with E-state index in [9.17, 15) is 22.0 Å². The molecule has 0 unspecified atom stereocenters. The van der Waals surface area contributed by atoms with Crippen molar-refractivity contribution in [1.82, 2.24) is 4.31 Å². The molecule has 3 aromatic carbocycles. The van der Waals surface area contributed by atoms with E-state index in [1.807, 2.05) is 0 Å². The fraction of sp³-hybridized carbons (Fsp3) is 0.208. The Morgan fingerprint density at radius 1 is 0.971 bits per heavy atom. The van der Waals surface area contributed by atoms with Gasteiger partial charge in [-0.05, 0) is 60.2 Å². The summed E-state index contributed by atoms with van der Waals surface area (Å²) in [6.45, 7) is 1.03. The molecule has 7 nitrogen and oxygen atoms in total. The van der Waals surface area contributed by atoms with E-state index in [4.69, 9.17) is 9.47 Å². The Morgan fingerprint density at radius 2 is 1.71 bits per heavy atom. The molecule has 3 aromatic rings. The number of amides is 1. The fourth-order valence-corrected chi connectivity index (χ4v) is 4.88. The van der Waals surface area contributed by atoms with Gasteiger partial charge in [-0.25, -0.2) is 17.2 Å². The van der Waals surface area contributed by atoms with Crippen molar-refractivity contribution in [2.24, 2.45) is 0 Å². The zero-order valence-electron chi connectivity index (χ0n) is 18.0. The van der Waals surface area contributed by atoms with Crippen molar-refractivity contribution in [2.45, 2.75) is 11.3 Å². The number of nitrogens with zero attached hydrogens (tertiary/aromatic N) is 1. The molecule has 0 atom stereocenters. The number of halogens is 2. The van der Waals surface area contributed by atoms with Gasteiger partial charge in [0.1, 0.15) is 17.4 Å². The average Bonchev–Trinajstić information content (AvgIpc) is 2.82. The number of rotatable bonds is 7. The lowest BCUT2D eigenvalue weighted by molar-refractivity contribution is -0.115. The number of carbonyl (C=O) groups is 1. The molecule has 1 aliphatic rings. The molecule has 1 fully saturated rings. The van der Waals surface area contributed by atoms with Gasteiger partial charge in [0, 0.05) is 13.1 Å². The summed E-state index contributed by atoms with van der Waals surface area (Å²) in [6, 6.07) is 15.0. The van der Waals surface area contributed by atoms with Gasteiger partial charge in [-0.3, -0.25) is 4.79 Å². The number of sulfonamides is 1. The minimum atomic E-state index is -3.83. The molecule has 0 radical (unpaired) electrons. The smallest absolute Gasteiger partial charge is 0.243 e. The molecule has 34 heavy (non-hydrogen) atoms. The monoisotopic (exact) mass is 488 g/mol. The van der Waals surface area contributed by atoms with Crippen LogP contribution in [0.2, 0.25) is 0 Å². The van der Waals surface area contributed by atoms with Crippen LogP contribution in [0.5, 0.6) is 11.5 Å². The molecule has 10 heteroatoms. The molecular formula is C24H22F2N2O5S. The molecule has 0 bridgehead atoms. The Morgan fingerprint density at radius 3 is 2.41 bits per heavy atom. The maximum atomic E-state index is 13.5. The third-order valence-electron chi connectivity index (χ3n) is 5.13. The fourth-order valence-electron chi connectivity index (χ4n) is 3.45. The van der Waals surface area contributed by atoms with Crippen LogP contribution < -0.4 is 10.1 Å². The molecule has 1 N–H and O–H groups in total. The zero-order chi connectivity index (χ0) is 24.1. The lowest BCUT2D eigenvalue weighted by Gasteiger charge is -2.26. The summed E-state index contributed by atoms with van der Waals surface area (Å²) in [7, 11) is -3.83. The molecule has 4 rings (SSSR count). The second kappa shape index (κ2) is 10.3. The van der Waals surface area contributed by atoms with Crippen LogP contribution >= 0.6 is 0 Å². The van der Waals surface area contributed by atoms with Gasteiger partial charge in [0.05, 0.1) is 30.2 Å². The van der Waals surface area contributed by atoms with E-state index in [1.165, 1.54) is 65.0 Å². The van der Waals surface area contributed by atoms with Crippen molar-refractivity contribution in [2.75, 3.05) is 31.6 Å². The number of hydrogen-bond donors (Lipinski definition) is 1. The molecule has 1 aliphatic heterocycles. The summed E-state index contributed by atoms with van der Waals surface area (Å²) in [5.74, 6) is -0.937. The Hall–Kier alpha value is -3.34. The van der Waals surface area contributed by atoms with E-state index in [-0.39, 0.29) is 35.8 Å². The highest BCUT2D eigenvalue weighted by Crippen LogP contribution is 2.33. The highest BCUT2D eigenvalue weighted by atomic mass is 32.2. The summed E-state index contributed by atoms with van der Waals surface area (Å²) in [6.07, 6.45) is -0.131. The third-order valence-corrected chi connectivity index (χ3v) is 7.02. The van der Waals surface area contributed by atoms with Crippen LogP contribution in [0, 0.1) is 11.6 Å². The van der Waals surface area contributed by atoms with Gasteiger partial charge in [0.25, 0.3) is 0 Å². The first-order valence-electron chi connectivity index (χ1n) is 10.5. The highest BCUT2D eigenvalue weighted by molar-refractivity contribution is 7.89. The van der Waals surface area contributed by atoms with Crippen LogP contribution in [0.25, 0.3) is 0 Å². The largest absolute Gasteiger partial charge is 0.455 e. The molecule has 1 heterocycles.